The zero-order valence-electron chi connectivity index (χ0n) is 14.3. The predicted molar refractivity (Wildman–Crippen MR) is 96.3 cm³/mol. The fourth-order valence-electron chi connectivity index (χ4n) is 3.36. The first-order chi connectivity index (χ1) is 11.5. The maximum Gasteiger partial charge on any atom is 0.236 e. The number of amides is 2. The Morgan fingerprint density at radius 1 is 1.08 bits per heavy atom. The Bertz CT molecular complexity index is 778. The normalized spacial score (nSPS) is 16.0. The summed E-state index contributed by atoms with van der Waals surface area (Å²) in [5.74, 6) is -0.426. The molecule has 0 aliphatic carbocycles. The second-order valence-electron chi connectivity index (χ2n) is 6.44. The average molecular weight is 322 g/mol. The van der Waals surface area contributed by atoms with E-state index in [1.807, 2.05) is 63.2 Å². The number of para-hydroxylation sites is 2. The number of hydrogen-bond acceptors (Lipinski definition) is 2. The van der Waals surface area contributed by atoms with Crippen LogP contribution in [0.3, 0.4) is 0 Å². The number of nitrogens with zero attached hydrogens (tertiary/aromatic N) is 1. The highest BCUT2D eigenvalue weighted by Gasteiger charge is 2.31. The Hall–Kier alpha value is -2.62. The van der Waals surface area contributed by atoms with E-state index < -0.39 is 0 Å². The number of aryl methyl sites for hydroxylation is 2. The molecule has 0 bridgehead atoms. The standard InChI is InChI=1S/C20H22N2O2/c1-13-7-6-8-14(2)20(13)21-18(23)12-19(24)22-15(3)11-16-9-4-5-10-17(16)22/h4-10,15H,11-12H2,1-3H3,(H,21,23). The molecule has 24 heavy (non-hydrogen) atoms. The van der Waals surface area contributed by atoms with Crippen LogP contribution in [0.5, 0.6) is 0 Å². The van der Waals surface area contributed by atoms with Crippen molar-refractivity contribution in [3.05, 3.63) is 59.2 Å². The molecule has 0 aromatic heterocycles. The lowest BCUT2D eigenvalue weighted by atomic mass is 10.1. The van der Waals surface area contributed by atoms with E-state index in [4.69, 9.17) is 0 Å². The van der Waals surface area contributed by atoms with Crippen LogP contribution in [0, 0.1) is 13.8 Å². The molecule has 4 nitrogen and oxygen atoms in total. The first-order valence-electron chi connectivity index (χ1n) is 8.23. The Morgan fingerprint density at radius 2 is 1.75 bits per heavy atom. The molecule has 0 fully saturated rings. The molecule has 2 amide bonds. The molecule has 1 aliphatic heterocycles. The number of nitrogens with one attached hydrogen (secondary N) is 1. The van der Waals surface area contributed by atoms with Crippen LogP contribution < -0.4 is 10.2 Å². The fraction of sp³-hybridized carbons (Fsp3) is 0.300. The number of hydrogen-bond donors (Lipinski definition) is 1. The monoisotopic (exact) mass is 322 g/mol. The summed E-state index contributed by atoms with van der Waals surface area (Å²) in [6.45, 7) is 5.91. The lowest BCUT2D eigenvalue weighted by Gasteiger charge is -2.22. The van der Waals surface area contributed by atoms with Crippen molar-refractivity contribution in [1.82, 2.24) is 0 Å². The molecule has 1 unspecified atom stereocenters. The van der Waals surface area contributed by atoms with Crippen molar-refractivity contribution in [2.24, 2.45) is 0 Å². The number of fused-ring (bicyclic) bond motifs is 1. The maximum absolute atomic E-state index is 12.7. The van der Waals surface area contributed by atoms with Crippen molar-refractivity contribution in [1.29, 1.82) is 0 Å². The molecule has 124 valence electrons. The summed E-state index contributed by atoms with van der Waals surface area (Å²) in [6.07, 6.45) is 0.687. The first kappa shape index (κ1) is 16.2. The van der Waals surface area contributed by atoms with Gasteiger partial charge in [-0.05, 0) is 49.9 Å². The zero-order chi connectivity index (χ0) is 17.3. The molecule has 1 N–H and O–H groups in total. The van der Waals surface area contributed by atoms with Crippen molar-refractivity contribution in [3.63, 3.8) is 0 Å². The van der Waals surface area contributed by atoms with Crippen LogP contribution in [0.15, 0.2) is 42.5 Å². The van der Waals surface area contributed by atoms with Crippen LogP contribution in [0.1, 0.15) is 30.0 Å². The van der Waals surface area contributed by atoms with Crippen molar-refractivity contribution < 1.29 is 9.59 Å². The van der Waals surface area contributed by atoms with Gasteiger partial charge in [0.15, 0.2) is 0 Å². The summed E-state index contributed by atoms with van der Waals surface area (Å²) in [5, 5.41) is 2.89. The van der Waals surface area contributed by atoms with E-state index in [1.165, 1.54) is 0 Å². The SMILES string of the molecule is Cc1cccc(C)c1NC(=O)CC(=O)N1c2ccccc2CC1C. The molecule has 0 saturated heterocycles. The van der Waals surface area contributed by atoms with Gasteiger partial charge in [-0.25, -0.2) is 0 Å². The van der Waals surface area contributed by atoms with Gasteiger partial charge in [0.2, 0.25) is 11.8 Å². The summed E-state index contributed by atoms with van der Waals surface area (Å²) in [5.41, 5.74) is 4.87. The third-order valence-corrected chi connectivity index (χ3v) is 4.53. The van der Waals surface area contributed by atoms with Crippen LogP contribution in [0.25, 0.3) is 0 Å². The number of carbonyl (C=O) groups excluding carboxylic acids is 2. The lowest BCUT2D eigenvalue weighted by Crippen LogP contribution is -2.37. The second kappa shape index (κ2) is 6.48. The third-order valence-electron chi connectivity index (χ3n) is 4.53. The molecule has 0 saturated carbocycles. The third kappa shape index (κ3) is 3.04. The van der Waals surface area contributed by atoms with Crippen molar-refractivity contribution in [3.8, 4) is 0 Å². The highest BCUT2D eigenvalue weighted by Crippen LogP contribution is 2.32. The van der Waals surface area contributed by atoms with Crippen LogP contribution in [0.2, 0.25) is 0 Å². The van der Waals surface area contributed by atoms with E-state index >= 15 is 0 Å². The molecule has 4 heteroatoms. The molecule has 3 rings (SSSR count). The van der Waals surface area contributed by atoms with Gasteiger partial charge in [-0.2, -0.15) is 0 Å². The van der Waals surface area contributed by atoms with Crippen LogP contribution in [0.4, 0.5) is 11.4 Å². The van der Waals surface area contributed by atoms with Gasteiger partial charge in [0, 0.05) is 17.4 Å². The number of rotatable bonds is 3. The van der Waals surface area contributed by atoms with E-state index in [0.29, 0.717) is 0 Å². The molecule has 2 aromatic carbocycles. The van der Waals surface area contributed by atoms with Gasteiger partial charge in [0.05, 0.1) is 0 Å². The molecule has 1 heterocycles. The van der Waals surface area contributed by atoms with Gasteiger partial charge in [-0.15, -0.1) is 0 Å². The van der Waals surface area contributed by atoms with Crippen LogP contribution in [-0.4, -0.2) is 17.9 Å². The highest BCUT2D eigenvalue weighted by atomic mass is 16.2. The summed E-state index contributed by atoms with van der Waals surface area (Å²) in [4.78, 5) is 26.7. The molecule has 2 aromatic rings. The molecule has 1 atom stereocenters. The lowest BCUT2D eigenvalue weighted by molar-refractivity contribution is -0.125. The quantitative estimate of drug-likeness (QED) is 0.878. The van der Waals surface area contributed by atoms with Gasteiger partial charge in [-0.3, -0.25) is 9.59 Å². The summed E-state index contributed by atoms with van der Waals surface area (Å²) < 4.78 is 0. The minimum Gasteiger partial charge on any atom is -0.325 e. The van der Waals surface area contributed by atoms with Gasteiger partial charge in [-0.1, -0.05) is 36.4 Å². The molecule has 0 spiro atoms. The zero-order valence-corrected chi connectivity index (χ0v) is 14.3. The van der Waals surface area contributed by atoms with Gasteiger partial charge < -0.3 is 10.2 Å². The van der Waals surface area contributed by atoms with Crippen LogP contribution in [-0.2, 0) is 16.0 Å². The predicted octanol–water partition coefficient (Wildman–Crippen LogP) is 3.61. The van der Waals surface area contributed by atoms with Crippen molar-refractivity contribution in [2.45, 2.75) is 39.7 Å². The Kier molecular flexibility index (Phi) is 4.38. The van der Waals surface area contributed by atoms with Gasteiger partial charge >= 0.3 is 0 Å². The van der Waals surface area contributed by atoms with Gasteiger partial charge in [0.1, 0.15) is 6.42 Å². The summed E-state index contributed by atoms with van der Waals surface area (Å²) in [6, 6.07) is 13.8. The molecule has 0 radical (unpaired) electrons. The van der Waals surface area contributed by atoms with E-state index in [0.717, 1.165) is 34.5 Å². The Labute approximate surface area is 142 Å². The van der Waals surface area contributed by atoms with E-state index in [1.54, 1.807) is 4.90 Å². The van der Waals surface area contributed by atoms with E-state index in [9.17, 15) is 9.59 Å². The Morgan fingerprint density at radius 3 is 2.46 bits per heavy atom. The molecular weight excluding hydrogens is 300 g/mol. The Balaban J connectivity index is 1.72. The molecule has 1 aliphatic rings. The fourth-order valence-corrected chi connectivity index (χ4v) is 3.36. The first-order valence-corrected chi connectivity index (χ1v) is 8.23. The van der Waals surface area contributed by atoms with Crippen LogP contribution >= 0.6 is 0 Å². The van der Waals surface area contributed by atoms with Crippen molar-refractivity contribution in [2.75, 3.05) is 10.2 Å². The van der Waals surface area contributed by atoms with Gasteiger partial charge in [0.25, 0.3) is 0 Å². The maximum atomic E-state index is 12.7. The highest BCUT2D eigenvalue weighted by molar-refractivity contribution is 6.10. The number of benzene rings is 2. The number of carbonyl (C=O) groups is 2. The average Bonchev–Trinajstić information content (AvgIpc) is 2.86. The second-order valence-corrected chi connectivity index (χ2v) is 6.44. The topological polar surface area (TPSA) is 49.4 Å². The minimum absolute atomic E-state index is 0.0860. The number of anilines is 2. The van der Waals surface area contributed by atoms with E-state index in [-0.39, 0.29) is 24.3 Å². The largest absolute Gasteiger partial charge is 0.325 e. The summed E-state index contributed by atoms with van der Waals surface area (Å²) >= 11 is 0. The minimum atomic E-state index is -0.269. The summed E-state index contributed by atoms with van der Waals surface area (Å²) in [7, 11) is 0. The molecular formula is C20H22N2O2. The smallest absolute Gasteiger partial charge is 0.236 e. The van der Waals surface area contributed by atoms with E-state index in [2.05, 4.69) is 5.32 Å². The van der Waals surface area contributed by atoms with Crippen molar-refractivity contribution >= 4 is 23.2 Å².